The number of hydrogen-bond acceptors (Lipinski definition) is 3. The smallest absolute Gasteiger partial charge is 0.247 e. The standard InChI is InChI=1S/C24H29FN2O3/c1-2-7-22(28)27(17-18-11-13-20(25)14-12-18)23(19-8-4-3-5-9-19)24(29)26-16-21-10-6-15-30-21/h3-5,8-9,11-14,21,23H,2,6-7,10,15-17H2,1H3,(H,26,29)/t21-,23-/m0/s1. The Morgan fingerprint density at radius 3 is 2.53 bits per heavy atom. The zero-order valence-electron chi connectivity index (χ0n) is 17.4. The molecule has 0 aromatic heterocycles. The summed E-state index contributed by atoms with van der Waals surface area (Å²) < 4.78 is 19.0. The fraction of sp³-hybridized carbons (Fsp3) is 0.417. The first kappa shape index (κ1) is 22.0. The maximum atomic E-state index is 13.3. The number of carbonyl (C=O) groups excluding carboxylic acids is 2. The van der Waals surface area contributed by atoms with E-state index < -0.39 is 6.04 Å². The van der Waals surface area contributed by atoms with Gasteiger partial charge >= 0.3 is 0 Å². The van der Waals surface area contributed by atoms with Crippen LogP contribution < -0.4 is 5.32 Å². The quantitative estimate of drug-likeness (QED) is 0.678. The maximum absolute atomic E-state index is 13.3. The first-order valence-corrected chi connectivity index (χ1v) is 10.6. The molecule has 1 aliphatic heterocycles. The van der Waals surface area contributed by atoms with Gasteiger partial charge in [-0.1, -0.05) is 49.4 Å². The second kappa shape index (κ2) is 10.9. The number of nitrogens with one attached hydrogen (secondary N) is 1. The number of nitrogens with zero attached hydrogens (tertiary/aromatic N) is 1. The molecule has 0 saturated carbocycles. The van der Waals surface area contributed by atoms with E-state index in [0.29, 0.717) is 26.0 Å². The Morgan fingerprint density at radius 2 is 1.90 bits per heavy atom. The van der Waals surface area contributed by atoms with Crippen molar-refractivity contribution in [3.63, 3.8) is 0 Å². The zero-order chi connectivity index (χ0) is 21.3. The number of hydrogen-bond donors (Lipinski definition) is 1. The Kier molecular flexibility index (Phi) is 7.97. The van der Waals surface area contributed by atoms with E-state index in [1.807, 2.05) is 37.3 Å². The van der Waals surface area contributed by atoms with Crippen LogP contribution in [0.3, 0.4) is 0 Å². The highest BCUT2D eigenvalue weighted by Gasteiger charge is 2.31. The predicted molar refractivity (Wildman–Crippen MR) is 113 cm³/mol. The van der Waals surface area contributed by atoms with Crippen LogP contribution >= 0.6 is 0 Å². The molecule has 5 nitrogen and oxygen atoms in total. The van der Waals surface area contributed by atoms with Crippen LogP contribution in [-0.4, -0.2) is 36.0 Å². The summed E-state index contributed by atoms with van der Waals surface area (Å²) in [5, 5.41) is 2.98. The molecule has 1 aliphatic rings. The minimum absolute atomic E-state index is 0.0160. The minimum atomic E-state index is -0.767. The third kappa shape index (κ3) is 5.89. The molecule has 6 heteroatoms. The molecule has 160 valence electrons. The van der Waals surface area contributed by atoms with Crippen molar-refractivity contribution >= 4 is 11.8 Å². The molecular formula is C24H29FN2O3. The van der Waals surface area contributed by atoms with E-state index >= 15 is 0 Å². The molecule has 1 heterocycles. The van der Waals surface area contributed by atoms with Gasteiger partial charge in [0.1, 0.15) is 11.9 Å². The van der Waals surface area contributed by atoms with E-state index in [1.54, 1.807) is 17.0 Å². The number of carbonyl (C=O) groups is 2. The summed E-state index contributed by atoms with van der Waals surface area (Å²) >= 11 is 0. The van der Waals surface area contributed by atoms with Gasteiger partial charge in [-0.15, -0.1) is 0 Å². The average Bonchev–Trinajstić information content (AvgIpc) is 3.28. The van der Waals surface area contributed by atoms with Crippen molar-refractivity contribution in [2.24, 2.45) is 0 Å². The summed E-state index contributed by atoms with van der Waals surface area (Å²) in [6.07, 6.45) is 2.95. The molecule has 1 fully saturated rings. The highest BCUT2D eigenvalue weighted by atomic mass is 19.1. The highest BCUT2D eigenvalue weighted by molar-refractivity contribution is 5.88. The van der Waals surface area contributed by atoms with Gasteiger partial charge in [0.05, 0.1) is 6.10 Å². The van der Waals surface area contributed by atoms with Gasteiger partial charge in [-0.25, -0.2) is 4.39 Å². The van der Waals surface area contributed by atoms with Crippen molar-refractivity contribution in [1.82, 2.24) is 10.2 Å². The second-order valence-electron chi connectivity index (χ2n) is 7.59. The van der Waals surface area contributed by atoms with Crippen LogP contribution in [-0.2, 0) is 20.9 Å². The summed E-state index contributed by atoms with van der Waals surface area (Å²) in [4.78, 5) is 27.9. The van der Waals surface area contributed by atoms with Gasteiger partial charge in [-0.3, -0.25) is 9.59 Å². The first-order chi connectivity index (χ1) is 14.6. The van der Waals surface area contributed by atoms with E-state index in [-0.39, 0.29) is 30.3 Å². The number of rotatable bonds is 9. The molecule has 2 atom stereocenters. The van der Waals surface area contributed by atoms with Gasteiger partial charge in [0.25, 0.3) is 0 Å². The van der Waals surface area contributed by atoms with Crippen LogP contribution in [0.25, 0.3) is 0 Å². The summed E-state index contributed by atoms with van der Waals surface area (Å²) in [6, 6.07) is 14.6. The van der Waals surface area contributed by atoms with Gasteiger partial charge in [0, 0.05) is 26.1 Å². The van der Waals surface area contributed by atoms with Crippen molar-refractivity contribution < 1.29 is 18.7 Å². The minimum Gasteiger partial charge on any atom is -0.376 e. The number of amides is 2. The Bertz CT molecular complexity index is 820. The molecule has 1 N–H and O–H groups in total. The largest absolute Gasteiger partial charge is 0.376 e. The Hall–Kier alpha value is -2.73. The third-order valence-corrected chi connectivity index (χ3v) is 5.25. The van der Waals surface area contributed by atoms with E-state index in [1.165, 1.54) is 12.1 Å². The molecule has 0 unspecified atom stereocenters. The van der Waals surface area contributed by atoms with E-state index in [2.05, 4.69) is 5.32 Å². The zero-order valence-corrected chi connectivity index (χ0v) is 17.4. The molecule has 0 bridgehead atoms. The topological polar surface area (TPSA) is 58.6 Å². The first-order valence-electron chi connectivity index (χ1n) is 10.6. The lowest BCUT2D eigenvalue weighted by Gasteiger charge is -2.32. The average molecular weight is 413 g/mol. The maximum Gasteiger partial charge on any atom is 0.247 e. The van der Waals surface area contributed by atoms with Gasteiger partial charge in [-0.05, 0) is 42.5 Å². The molecule has 2 amide bonds. The lowest BCUT2D eigenvalue weighted by atomic mass is 10.0. The molecule has 1 saturated heterocycles. The summed E-state index contributed by atoms with van der Waals surface area (Å²) in [5.41, 5.74) is 1.52. The van der Waals surface area contributed by atoms with E-state index in [4.69, 9.17) is 4.74 Å². The predicted octanol–water partition coefficient (Wildman–Crippen LogP) is 3.99. The van der Waals surface area contributed by atoms with Gasteiger partial charge in [0.15, 0.2) is 0 Å². The summed E-state index contributed by atoms with van der Waals surface area (Å²) in [5.74, 6) is -0.676. The van der Waals surface area contributed by atoms with Crippen molar-refractivity contribution in [3.8, 4) is 0 Å². The van der Waals surface area contributed by atoms with Gasteiger partial charge in [0.2, 0.25) is 11.8 Å². The summed E-state index contributed by atoms with van der Waals surface area (Å²) in [7, 11) is 0. The summed E-state index contributed by atoms with van der Waals surface area (Å²) in [6.45, 7) is 3.30. The SMILES string of the molecule is CCCC(=O)N(Cc1ccc(F)cc1)[C@H](C(=O)NC[C@@H]1CCCO1)c1ccccc1. The molecule has 30 heavy (non-hydrogen) atoms. The number of halogens is 1. The van der Waals surface area contributed by atoms with Gasteiger partial charge in [-0.2, -0.15) is 0 Å². The lowest BCUT2D eigenvalue weighted by molar-refractivity contribution is -0.141. The molecule has 0 radical (unpaired) electrons. The third-order valence-electron chi connectivity index (χ3n) is 5.25. The fourth-order valence-corrected chi connectivity index (χ4v) is 3.69. The van der Waals surface area contributed by atoms with Crippen LogP contribution in [0.15, 0.2) is 54.6 Å². The van der Waals surface area contributed by atoms with E-state index in [0.717, 1.165) is 24.0 Å². The van der Waals surface area contributed by atoms with Crippen LogP contribution in [0.2, 0.25) is 0 Å². The second-order valence-corrected chi connectivity index (χ2v) is 7.59. The molecule has 0 aliphatic carbocycles. The molecule has 2 aromatic carbocycles. The van der Waals surface area contributed by atoms with Crippen LogP contribution in [0, 0.1) is 5.82 Å². The van der Waals surface area contributed by atoms with Crippen molar-refractivity contribution in [1.29, 1.82) is 0 Å². The normalized spacial score (nSPS) is 16.8. The number of benzene rings is 2. The molecule has 2 aromatic rings. The Labute approximate surface area is 177 Å². The fourth-order valence-electron chi connectivity index (χ4n) is 3.69. The number of ether oxygens (including phenoxy) is 1. The lowest BCUT2D eigenvalue weighted by Crippen LogP contribution is -2.45. The monoisotopic (exact) mass is 412 g/mol. The molecule has 3 rings (SSSR count). The Morgan fingerprint density at radius 1 is 1.17 bits per heavy atom. The van der Waals surface area contributed by atoms with Crippen molar-refractivity contribution in [3.05, 3.63) is 71.5 Å². The molecular weight excluding hydrogens is 383 g/mol. The van der Waals surface area contributed by atoms with Crippen molar-refractivity contribution in [2.45, 2.75) is 51.3 Å². The van der Waals surface area contributed by atoms with Gasteiger partial charge < -0.3 is 15.0 Å². The van der Waals surface area contributed by atoms with Crippen molar-refractivity contribution in [2.75, 3.05) is 13.2 Å². The molecule has 0 spiro atoms. The van der Waals surface area contributed by atoms with Crippen LogP contribution in [0.4, 0.5) is 4.39 Å². The van der Waals surface area contributed by atoms with Crippen LogP contribution in [0.5, 0.6) is 0 Å². The Balaban J connectivity index is 1.87. The van der Waals surface area contributed by atoms with E-state index in [9.17, 15) is 14.0 Å². The van der Waals surface area contributed by atoms with Crippen LogP contribution in [0.1, 0.15) is 49.8 Å². The highest BCUT2D eigenvalue weighted by Crippen LogP contribution is 2.25.